The molecule has 0 saturated carbocycles. The van der Waals surface area contributed by atoms with Gasteiger partial charge in [0.05, 0.1) is 11.0 Å². The van der Waals surface area contributed by atoms with Crippen LogP contribution in [0.5, 0.6) is 0 Å². The van der Waals surface area contributed by atoms with Gasteiger partial charge in [0, 0.05) is 24.3 Å². The zero-order valence-electron chi connectivity index (χ0n) is 14.4. The minimum Gasteiger partial charge on any atom is -0.331 e. The van der Waals surface area contributed by atoms with E-state index < -0.39 is 0 Å². The fourth-order valence-electron chi connectivity index (χ4n) is 2.97. The molecule has 0 spiro atoms. The summed E-state index contributed by atoms with van der Waals surface area (Å²) in [6, 6.07) is 15.7. The van der Waals surface area contributed by atoms with Gasteiger partial charge in [0.1, 0.15) is 5.82 Å². The maximum absolute atomic E-state index is 12.7. The fourth-order valence-corrected chi connectivity index (χ4v) is 2.97. The number of hydrogen-bond donors (Lipinski definition) is 0. The molecule has 0 radical (unpaired) electrons. The summed E-state index contributed by atoms with van der Waals surface area (Å²) in [6.45, 7) is 10.4. The molecule has 0 aliphatic carbocycles. The SMILES string of the molecule is C=CCN(CC=C)C(=O)c1ccc2c(c1)nc(C)n2-c1ccccc1. The standard InChI is InChI=1S/C21H21N3O/c1-4-13-23(14-5-2)21(25)17-11-12-20-19(15-17)22-16(3)24(20)18-9-7-6-8-10-18/h4-12,15H,1-2,13-14H2,3H3. The van der Waals surface area contributed by atoms with Gasteiger partial charge in [-0.1, -0.05) is 30.4 Å². The summed E-state index contributed by atoms with van der Waals surface area (Å²) in [4.78, 5) is 19.1. The summed E-state index contributed by atoms with van der Waals surface area (Å²) < 4.78 is 2.09. The second kappa shape index (κ2) is 7.18. The van der Waals surface area contributed by atoms with Crippen molar-refractivity contribution in [2.75, 3.05) is 13.1 Å². The highest BCUT2D eigenvalue weighted by Crippen LogP contribution is 2.22. The third-order valence-corrected chi connectivity index (χ3v) is 4.07. The number of benzene rings is 2. The van der Waals surface area contributed by atoms with Gasteiger partial charge in [0.2, 0.25) is 0 Å². The lowest BCUT2D eigenvalue weighted by Crippen LogP contribution is -2.31. The molecule has 4 nitrogen and oxygen atoms in total. The number of aryl methyl sites for hydroxylation is 1. The normalized spacial score (nSPS) is 10.6. The molecule has 4 heteroatoms. The number of carbonyl (C=O) groups is 1. The molecule has 0 bridgehead atoms. The van der Waals surface area contributed by atoms with Gasteiger partial charge in [-0.25, -0.2) is 4.98 Å². The van der Waals surface area contributed by atoms with Gasteiger partial charge < -0.3 is 4.90 Å². The van der Waals surface area contributed by atoms with Crippen molar-refractivity contribution in [1.82, 2.24) is 14.5 Å². The maximum atomic E-state index is 12.7. The third kappa shape index (κ3) is 3.24. The Kier molecular flexibility index (Phi) is 4.80. The van der Waals surface area contributed by atoms with Gasteiger partial charge in [-0.3, -0.25) is 9.36 Å². The first kappa shape index (κ1) is 16.7. The van der Waals surface area contributed by atoms with Crippen molar-refractivity contribution >= 4 is 16.9 Å². The molecule has 1 aromatic heterocycles. The van der Waals surface area contributed by atoms with Crippen LogP contribution in [0.4, 0.5) is 0 Å². The first-order valence-electron chi connectivity index (χ1n) is 8.21. The van der Waals surface area contributed by atoms with Gasteiger partial charge in [-0.2, -0.15) is 0 Å². The first-order chi connectivity index (χ1) is 12.2. The van der Waals surface area contributed by atoms with Crippen molar-refractivity contribution < 1.29 is 4.79 Å². The lowest BCUT2D eigenvalue weighted by Gasteiger charge is -2.19. The van der Waals surface area contributed by atoms with Crippen LogP contribution in [0.3, 0.4) is 0 Å². The Bertz CT molecular complexity index is 915. The van der Waals surface area contributed by atoms with E-state index in [0.717, 1.165) is 22.5 Å². The highest BCUT2D eigenvalue weighted by molar-refractivity contribution is 5.97. The molecule has 3 aromatic rings. The zero-order chi connectivity index (χ0) is 17.8. The Labute approximate surface area is 147 Å². The number of aromatic nitrogens is 2. The number of imidazole rings is 1. The second-order valence-electron chi connectivity index (χ2n) is 5.82. The third-order valence-electron chi connectivity index (χ3n) is 4.07. The molecular weight excluding hydrogens is 310 g/mol. The van der Waals surface area contributed by atoms with Gasteiger partial charge in [0.25, 0.3) is 5.91 Å². The minimum absolute atomic E-state index is 0.0476. The Morgan fingerprint density at radius 2 is 1.80 bits per heavy atom. The average Bonchev–Trinajstić information content (AvgIpc) is 2.96. The summed E-state index contributed by atoms with van der Waals surface area (Å²) in [5.41, 5.74) is 3.47. The molecule has 0 saturated heterocycles. The zero-order valence-corrected chi connectivity index (χ0v) is 14.4. The molecule has 0 fully saturated rings. The Morgan fingerprint density at radius 1 is 1.12 bits per heavy atom. The smallest absolute Gasteiger partial charge is 0.254 e. The van der Waals surface area contributed by atoms with Crippen molar-refractivity contribution in [2.45, 2.75) is 6.92 Å². The second-order valence-corrected chi connectivity index (χ2v) is 5.82. The van der Waals surface area contributed by atoms with E-state index in [2.05, 4.69) is 22.7 Å². The molecule has 0 aliphatic rings. The molecule has 25 heavy (non-hydrogen) atoms. The number of fused-ring (bicyclic) bond motifs is 1. The van der Waals surface area contributed by atoms with E-state index in [1.807, 2.05) is 55.5 Å². The van der Waals surface area contributed by atoms with Crippen LogP contribution in [-0.2, 0) is 0 Å². The summed E-state index contributed by atoms with van der Waals surface area (Å²) in [7, 11) is 0. The summed E-state index contributed by atoms with van der Waals surface area (Å²) in [6.07, 6.45) is 3.43. The molecule has 1 amide bonds. The molecule has 3 rings (SSSR count). The van der Waals surface area contributed by atoms with Crippen LogP contribution in [0.25, 0.3) is 16.7 Å². The van der Waals surface area contributed by atoms with Gasteiger partial charge in [-0.15, -0.1) is 13.2 Å². The van der Waals surface area contributed by atoms with E-state index in [-0.39, 0.29) is 5.91 Å². The molecule has 0 atom stereocenters. The minimum atomic E-state index is -0.0476. The maximum Gasteiger partial charge on any atom is 0.254 e. The molecule has 0 aliphatic heterocycles. The van der Waals surface area contributed by atoms with E-state index in [1.165, 1.54) is 0 Å². The topological polar surface area (TPSA) is 38.1 Å². The fraction of sp³-hybridized carbons (Fsp3) is 0.143. The number of hydrogen-bond acceptors (Lipinski definition) is 2. The summed E-state index contributed by atoms with van der Waals surface area (Å²) in [5, 5.41) is 0. The van der Waals surface area contributed by atoms with Crippen molar-refractivity contribution in [2.24, 2.45) is 0 Å². The van der Waals surface area contributed by atoms with Crippen molar-refractivity contribution in [1.29, 1.82) is 0 Å². The van der Waals surface area contributed by atoms with Crippen LogP contribution < -0.4 is 0 Å². The number of para-hydroxylation sites is 1. The largest absolute Gasteiger partial charge is 0.331 e. The van der Waals surface area contributed by atoms with Crippen LogP contribution in [0, 0.1) is 6.92 Å². The monoisotopic (exact) mass is 331 g/mol. The van der Waals surface area contributed by atoms with Crippen molar-refractivity contribution in [3.8, 4) is 5.69 Å². The predicted octanol–water partition coefficient (Wildman–Crippen LogP) is 4.15. The van der Waals surface area contributed by atoms with E-state index in [1.54, 1.807) is 17.1 Å². The van der Waals surface area contributed by atoms with Crippen LogP contribution in [0.15, 0.2) is 73.8 Å². The highest BCUT2D eigenvalue weighted by Gasteiger charge is 2.16. The van der Waals surface area contributed by atoms with Crippen molar-refractivity contribution in [3.63, 3.8) is 0 Å². The number of amides is 1. The molecule has 1 heterocycles. The van der Waals surface area contributed by atoms with Crippen molar-refractivity contribution in [3.05, 3.63) is 85.2 Å². The molecule has 2 aromatic carbocycles. The predicted molar refractivity (Wildman–Crippen MR) is 102 cm³/mol. The van der Waals surface area contributed by atoms with E-state index in [0.29, 0.717) is 18.7 Å². The van der Waals surface area contributed by atoms with Gasteiger partial charge in [0.15, 0.2) is 0 Å². The highest BCUT2D eigenvalue weighted by atomic mass is 16.2. The van der Waals surface area contributed by atoms with Gasteiger partial charge >= 0.3 is 0 Å². The molecule has 0 N–H and O–H groups in total. The molecule has 0 unspecified atom stereocenters. The first-order valence-corrected chi connectivity index (χ1v) is 8.21. The Morgan fingerprint density at radius 3 is 2.44 bits per heavy atom. The molecular formula is C21H21N3O. The summed E-state index contributed by atoms with van der Waals surface area (Å²) in [5.74, 6) is 0.841. The number of carbonyl (C=O) groups excluding carboxylic acids is 1. The lowest BCUT2D eigenvalue weighted by atomic mass is 10.1. The van der Waals surface area contributed by atoms with Crippen LogP contribution in [0.2, 0.25) is 0 Å². The van der Waals surface area contributed by atoms with E-state index in [9.17, 15) is 4.79 Å². The quantitative estimate of drug-likeness (QED) is 0.637. The number of rotatable bonds is 6. The lowest BCUT2D eigenvalue weighted by molar-refractivity contribution is 0.0791. The van der Waals surface area contributed by atoms with Crippen LogP contribution in [0.1, 0.15) is 16.2 Å². The summed E-state index contributed by atoms with van der Waals surface area (Å²) >= 11 is 0. The van der Waals surface area contributed by atoms with E-state index in [4.69, 9.17) is 0 Å². The average molecular weight is 331 g/mol. The van der Waals surface area contributed by atoms with Crippen LogP contribution >= 0.6 is 0 Å². The van der Waals surface area contributed by atoms with Gasteiger partial charge in [-0.05, 0) is 37.3 Å². The Balaban J connectivity index is 2.03. The molecule has 126 valence electrons. The number of nitrogens with zero attached hydrogens (tertiary/aromatic N) is 3. The van der Waals surface area contributed by atoms with Crippen LogP contribution in [-0.4, -0.2) is 33.4 Å². The van der Waals surface area contributed by atoms with E-state index >= 15 is 0 Å². The Hall–Kier alpha value is -3.14.